The number of nitrogens with zero attached hydrogens (tertiary/aromatic N) is 5. The monoisotopic (exact) mass is 302 g/mol. The van der Waals surface area contributed by atoms with Gasteiger partial charge >= 0.3 is 0 Å². The van der Waals surface area contributed by atoms with Gasteiger partial charge in [0.1, 0.15) is 24.5 Å². The zero-order chi connectivity index (χ0) is 15.9. The van der Waals surface area contributed by atoms with E-state index in [2.05, 4.69) is 39.1 Å². The summed E-state index contributed by atoms with van der Waals surface area (Å²) in [5.41, 5.74) is 0.968. The van der Waals surface area contributed by atoms with Crippen molar-refractivity contribution in [2.24, 2.45) is 0 Å². The Balaban J connectivity index is 1.90. The van der Waals surface area contributed by atoms with Crippen molar-refractivity contribution in [3.05, 3.63) is 36.5 Å². The van der Waals surface area contributed by atoms with Crippen molar-refractivity contribution in [3.8, 4) is 0 Å². The standard InChI is InChI=1S/C15H22N6O/c1-4-20(5-2)14-7-6-13(8-17-14)9-18-15(22)12(3)21-11-16-10-19-21/h6-8,10-12H,4-5,9H2,1-3H3,(H,18,22)/t12-/m0/s1. The molecule has 0 bridgehead atoms. The summed E-state index contributed by atoms with van der Waals surface area (Å²) in [4.78, 5) is 22.5. The van der Waals surface area contributed by atoms with Gasteiger partial charge in [0.2, 0.25) is 5.91 Å². The van der Waals surface area contributed by atoms with Gasteiger partial charge in [0, 0.05) is 25.8 Å². The van der Waals surface area contributed by atoms with Gasteiger partial charge in [-0.15, -0.1) is 0 Å². The van der Waals surface area contributed by atoms with Crippen LogP contribution >= 0.6 is 0 Å². The van der Waals surface area contributed by atoms with E-state index < -0.39 is 0 Å². The Kier molecular flexibility index (Phi) is 5.46. The summed E-state index contributed by atoms with van der Waals surface area (Å²) in [7, 11) is 0. The van der Waals surface area contributed by atoms with Crippen LogP contribution < -0.4 is 10.2 Å². The average Bonchev–Trinajstić information content (AvgIpc) is 3.08. The fraction of sp³-hybridized carbons (Fsp3) is 0.467. The number of hydrogen-bond donors (Lipinski definition) is 1. The van der Waals surface area contributed by atoms with E-state index in [0.29, 0.717) is 6.54 Å². The highest BCUT2D eigenvalue weighted by molar-refractivity contribution is 5.79. The van der Waals surface area contributed by atoms with Gasteiger partial charge in [-0.1, -0.05) is 6.07 Å². The molecule has 0 radical (unpaired) electrons. The third-order valence-corrected chi connectivity index (χ3v) is 3.58. The minimum Gasteiger partial charge on any atom is -0.357 e. The Hall–Kier alpha value is -2.44. The molecule has 1 amide bonds. The molecular weight excluding hydrogens is 280 g/mol. The molecule has 2 aromatic rings. The number of anilines is 1. The predicted octanol–water partition coefficient (Wildman–Crippen LogP) is 1.40. The van der Waals surface area contributed by atoms with Crippen molar-refractivity contribution in [3.63, 3.8) is 0 Å². The van der Waals surface area contributed by atoms with Crippen LogP contribution in [-0.2, 0) is 11.3 Å². The van der Waals surface area contributed by atoms with Crippen LogP contribution in [0.4, 0.5) is 5.82 Å². The lowest BCUT2D eigenvalue weighted by Gasteiger charge is -2.19. The van der Waals surface area contributed by atoms with E-state index in [4.69, 9.17) is 0 Å². The van der Waals surface area contributed by atoms with E-state index in [1.165, 1.54) is 17.3 Å². The van der Waals surface area contributed by atoms with E-state index in [1.807, 2.05) is 12.1 Å². The number of rotatable bonds is 7. The number of carbonyl (C=O) groups is 1. The Bertz CT molecular complexity index is 577. The molecule has 7 nitrogen and oxygen atoms in total. The van der Waals surface area contributed by atoms with E-state index in [9.17, 15) is 4.79 Å². The second kappa shape index (κ2) is 7.53. The highest BCUT2D eigenvalue weighted by Gasteiger charge is 2.14. The smallest absolute Gasteiger partial charge is 0.244 e. The molecule has 0 spiro atoms. The fourth-order valence-electron chi connectivity index (χ4n) is 2.13. The lowest BCUT2D eigenvalue weighted by atomic mass is 10.2. The zero-order valence-electron chi connectivity index (χ0n) is 13.2. The van der Waals surface area contributed by atoms with Crippen LogP contribution in [0.3, 0.4) is 0 Å². The Morgan fingerprint density at radius 2 is 2.14 bits per heavy atom. The van der Waals surface area contributed by atoms with Gasteiger partial charge in [0.05, 0.1) is 0 Å². The molecule has 0 unspecified atom stereocenters. The minimum atomic E-state index is -0.384. The molecular formula is C15H22N6O. The Morgan fingerprint density at radius 3 is 2.68 bits per heavy atom. The van der Waals surface area contributed by atoms with Gasteiger partial charge < -0.3 is 10.2 Å². The summed E-state index contributed by atoms with van der Waals surface area (Å²) in [6.45, 7) is 8.29. The largest absolute Gasteiger partial charge is 0.357 e. The Labute approximate surface area is 130 Å². The van der Waals surface area contributed by atoms with Crippen LogP contribution in [0.5, 0.6) is 0 Å². The molecule has 118 valence electrons. The number of carbonyl (C=O) groups excluding carboxylic acids is 1. The lowest BCUT2D eigenvalue weighted by molar-refractivity contribution is -0.124. The molecule has 7 heteroatoms. The highest BCUT2D eigenvalue weighted by atomic mass is 16.2. The summed E-state index contributed by atoms with van der Waals surface area (Å²) in [5, 5.41) is 6.85. The molecule has 1 atom stereocenters. The van der Waals surface area contributed by atoms with Crippen molar-refractivity contribution in [1.29, 1.82) is 0 Å². The van der Waals surface area contributed by atoms with Crippen LogP contribution in [0, 0.1) is 0 Å². The first-order chi connectivity index (χ1) is 10.7. The zero-order valence-corrected chi connectivity index (χ0v) is 13.2. The Morgan fingerprint density at radius 1 is 1.36 bits per heavy atom. The molecule has 0 aliphatic heterocycles. The van der Waals surface area contributed by atoms with Crippen molar-refractivity contribution < 1.29 is 4.79 Å². The summed E-state index contributed by atoms with van der Waals surface area (Å²) in [6.07, 6.45) is 4.75. The second-order valence-electron chi connectivity index (χ2n) is 4.97. The van der Waals surface area contributed by atoms with Gasteiger partial charge in [0.15, 0.2) is 0 Å². The molecule has 2 rings (SSSR count). The molecule has 2 heterocycles. The number of pyridine rings is 1. The van der Waals surface area contributed by atoms with E-state index in [-0.39, 0.29) is 11.9 Å². The maximum atomic E-state index is 12.1. The van der Waals surface area contributed by atoms with E-state index >= 15 is 0 Å². The molecule has 22 heavy (non-hydrogen) atoms. The van der Waals surface area contributed by atoms with Crippen LogP contribution in [0.15, 0.2) is 31.0 Å². The van der Waals surface area contributed by atoms with E-state index in [1.54, 1.807) is 13.1 Å². The molecule has 0 saturated heterocycles. The maximum Gasteiger partial charge on any atom is 0.244 e. The fourth-order valence-corrected chi connectivity index (χ4v) is 2.13. The van der Waals surface area contributed by atoms with Crippen molar-refractivity contribution in [2.75, 3.05) is 18.0 Å². The van der Waals surface area contributed by atoms with Gasteiger partial charge in [0.25, 0.3) is 0 Å². The van der Waals surface area contributed by atoms with Crippen molar-refractivity contribution in [2.45, 2.75) is 33.4 Å². The van der Waals surface area contributed by atoms with Gasteiger partial charge in [-0.3, -0.25) is 4.79 Å². The maximum absolute atomic E-state index is 12.1. The third-order valence-electron chi connectivity index (χ3n) is 3.58. The van der Waals surface area contributed by atoms with Crippen molar-refractivity contribution in [1.82, 2.24) is 25.1 Å². The normalized spacial score (nSPS) is 12.0. The molecule has 0 fully saturated rings. The summed E-state index contributed by atoms with van der Waals surface area (Å²) in [5.74, 6) is 0.856. The predicted molar refractivity (Wildman–Crippen MR) is 84.4 cm³/mol. The lowest BCUT2D eigenvalue weighted by Crippen LogP contribution is -2.31. The minimum absolute atomic E-state index is 0.0988. The van der Waals surface area contributed by atoms with Gasteiger partial charge in [-0.05, 0) is 32.4 Å². The number of aromatic nitrogens is 4. The third kappa shape index (κ3) is 3.81. The SMILES string of the molecule is CCN(CC)c1ccc(CNC(=O)[C@H](C)n2cncn2)cn1. The summed E-state index contributed by atoms with van der Waals surface area (Å²) < 4.78 is 1.52. The van der Waals surface area contributed by atoms with Crippen LogP contribution in [-0.4, -0.2) is 38.7 Å². The molecule has 0 aliphatic rings. The summed E-state index contributed by atoms with van der Waals surface area (Å²) >= 11 is 0. The highest BCUT2D eigenvalue weighted by Crippen LogP contribution is 2.11. The molecule has 0 aliphatic carbocycles. The first kappa shape index (κ1) is 15.9. The topological polar surface area (TPSA) is 75.9 Å². The quantitative estimate of drug-likeness (QED) is 0.836. The number of nitrogens with one attached hydrogen (secondary N) is 1. The number of hydrogen-bond acceptors (Lipinski definition) is 5. The number of amides is 1. The summed E-state index contributed by atoms with van der Waals surface area (Å²) in [6, 6.07) is 3.58. The second-order valence-corrected chi connectivity index (χ2v) is 4.97. The average molecular weight is 302 g/mol. The van der Waals surface area contributed by atoms with Gasteiger partial charge in [-0.2, -0.15) is 5.10 Å². The first-order valence-electron chi connectivity index (χ1n) is 7.47. The van der Waals surface area contributed by atoms with Crippen LogP contribution in [0.2, 0.25) is 0 Å². The van der Waals surface area contributed by atoms with Crippen molar-refractivity contribution >= 4 is 11.7 Å². The van der Waals surface area contributed by atoms with E-state index in [0.717, 1.165) is 24.5 Å². The molecule has 1 N–H and O–H groups in total. The van der Waals surface area contributed by atoms with Crippen LogP contribution in [0.1, 0.15) is 32.4 Å². The van der Waals surface area contributed by atoms with Crippen LogP contribution in [0.25, 0.3) is 0 Å². The first-order valence-corrected chi connectivity index (χ1v) is 7.47. The molecule has 0 saturated carbocycles. The van der Waals surface area contributed by atoms with Gasteiger partial charge in [-0.25, -0.2) is 14.6 Å². The molecule has 2 aromatic heterocycles. The molecule has 0 aromatic carbocycles.